The Labute approximate surface area is 148 Å². The molecule has 0 bridgehead atoms. The van der Waals surface area contributed by atoms with Gasteiger partial charge in [0.25, 0.3) is 0 Å². The monoisotopic (exact) mass is 383 g/mol. The van der Waals surface area contributed by atoms with Crippen LogP contribution in [0.4, 0.5) is 5.69 Å². The third kappa shape index (κ3) is 7.48. The zero-order valence-corrected chi connectivity index (χ0v) is 15.3. The molecule has 9 heteroatoms. The predicted octanol–water partition coefficient (Wildman–Crippen LogP) is 1.66. The van der Waals surface area contributed by atoms with Crippen molar-refractivity contribution in [2.75, 3.05) is 11.9 Å². The third-order valence-electron chi connectivity index (χ3n) is 2.83. The molecule has 0 amide bonds. The smallest absolute Gasteiger partial charge is 0.239 e. The van der Waals surface area contributed by atoms with Crippen molar-refractivity contribution < 1.29 is 16.8 Å². The van der Waals surface area contributed by atoms with Gasteiger partial charge in [-0.2, -0.15) is 0 Å². The van der Waals surface area contributed by atoms with Gasteiger partial charge in [-0.15, -0.1) is 0 Å². The average Bonchev–Trinajstić information content (AvgIpc) is 2.53. The van der Waals surface area contributed by atoms with E-state index in [1.54, 1.807) is 0 Å². The number of anilines is 1. The summed E-state index contributed by atoms with van der Waals surface area (Å²) in [6.07, 6.45) is 0. The summed E-state index contributed by atoms with van der Waals surface area (Å²) in [6, 6.07) is 15.0. The number of nitrogens with one attached hydrogen (secondary N) is 1. The van der Waals surface area contributed by atoms with Crippen molar-refractivity contribution in [3.05, 3.63) is 66.7 Å². The first-order valence-corrected chi connectivity index (χ1v) is 10.2. The van der Waals surface area contributed by atoms with Gasteiger partial charge in [0.2, 0.25) is 20.0 Å². The van der Waals surface area contributed by atoms with Gasteiger partial charge in [0.1, 0.15) is 9.79 Å². The second-order valence-electron chi connectivity index (χ2n) is 5.21. The largest absolute Gasteiger partial charge is 0.381 e. The normalized spacial score (nSPS) is 11.2. The first kappa shape index (κ1) is 20.8. The van der Waals surface area contributed by atoms with Crippen LogP contribution in [0.1, 0.15) is 6.92 Å². The second kappa shape index (κ2) is 8.77. The van der Waals surface area contributed by atoms with Crippen LogP contribution in [0.25, 0.3) is 0 Å². The SMILES string of the molecule is C=C(C)CNc1ccccc1.NS(=O)(=O)c1ccccc1S(N)(=O)=O. The van der Waals surface area contributed by atoms with E-state index >= 15 is 0 Å². The first-order valence-electron chi connectivity index (χ1n) is 7.10. The minimum atomic E-state index is -4.08. The standard InChI is InChI=1S/C10H13N.C6H8N2O4S2/c1-9(2)8-11-10-6-4-3-5-7-10;7-13(9,10)5-3-1-2-4-6(5)14(8,11)12/h3-7,11H,1,8H2,2H3;1-4H,(H2,7,9,10)(H2,8,11,12). The number of hydrogen-bond acceptors (Lipinski definition) is 5. The van der Waals surface area contributed by atoms with Gasteiger partial charge in [0.15, 0.2) is 0 Å². The quantitative estimate of drug-likeness (QED) is 0.675. The van der Waals surface area contributed by atoms with E-state index < -0.39 is 29.8 Å². The molecule has 2 aromatic carbocycles. The van der Waals surface area contributed by atoms with Crippen LogP contribution < -0.4 is 15.6 Å². The third-order valence-corrected chi connectivity index (χ3v) is 4.90. The molecule has 0 spiro atoms. The van der Waals surface area contributed by atoms with Crippen LogP contribution in [0.5, 0.6) is 0 Å². The lowest BCUT2D eigenvalue weighted by atomic mass is 10.3. The summed E-state index contributed by atoms with van der Waals surface area (Å²) in [5.74, 6) is 0. The molecule has 0 fully saturated rings. The van der Waals surface area contributed by atoms with Crippen molar-refractivity contribution in [2.24, 2.45) is 10.3 Å². The summed E-state index contributed by atoms with van der Waals surface area (Å²) in [5, 5.41) is 12.9. The summed E-state index contributed by atoms with van der Waals surface area (Å²) < 4.78 is 43.8. The number of rotatable bonds is 5. The van der Waals surface area contributed by atoms with Crippen LogP contribution in [0.2, 0.25) is 0 Å². The number of nitrogens with two attached hydrogens (primary N) is 2. The summed E-state index contributed by atoms with van der Waals surface area (Å²) in [6.45, 7) is 6.67. The zero-order chi connectivity index (χ0) is 19.1. The van der Waals surface area contributed by atoms with Crippen molar-refractivity contribution in [1.82, 2.24) is 0 Å². The van der Waals surface area contributed by atoms with Crippen molar-refractivity contribution >= 4 is 25.7 Å². The van der Waals surface area contributed by atoms with E-state index in [1.807, 2.05) is 37.3 Å². The van der Waals surface area contributed by atoms with E-state index in [4.69, 9.17) is 10.3 Å². The molecular formula is C16H21N3O4S2. The Morgan fingerprint density at radius 1 is 0.880 bits per heavy atom. The Bertz CT molecular complexity index is 874. The van der Waals surface area contributed by atoms with Gasteiger partial charge in [-0.05, 0) is 31.2 Å². The molecule has 25 heavy (non-hydrogen) atoms. The highest BCUT2D eigenvalue weighted by molar-refractivity contribution is 7.92. The van der Waals surface area contributed by atoms with Crippen molar-refractivity contribution in [3.63, 3.8) is 0 Å². The van der Waals surface area contributed by atoms with Crippen LogP contribution in [-0.2, 0) is 20.0 Å². The second-order valence-corrected chi connectivity index (χ2v) is 8.27. The van der Waals surface area contributed by atoms with Crippen molar-refractivity contribution in [1.29, 1.82) is 0 Å². The number of para-hydroxylation sites is 1. The molecule has 0 unspecified atom stereocenters. The van der Waals surface area contributed by atoms with Crippen LogP contribution in [0, 0.1) is 0 Å². The average molecular weight is 383 g/mol. The Kier molecular flexibility index (Phi) is 7.31. The lowest BCUT2D eigenvalue weighted by Crippen LogP contribution is -2.20. The van der Waals surface area contributed by atoms with E-state index in [-0.39, 0.29) is 0 Å². The highest BCUT2D eigenvalue weighted by Gasteiger charge is 2.20. The van der Waals surface area contributed by atoms with Gasteiger partial charge in [-0.1, -0.05) is 42.5 Å². The number of benzene rings is 2. The molecule has 7 nitrogen and oxygen atoms in total. The fraction of sp³-hybridized carbons (Fsp3) is 0.125. The molecule has 5 N–H and O–H groups in total. The van der Waals surface area contributed by atoms with Crippen molar-refractivity contribution in [2.45, 2.75) is 16.7 Å². The Balaban J connectivity index is 0.000000257. The Morgan fingerprint density at radius 2 is 1.28 bits per heavy atom. The maximum absolute atomic E-state index is 11.0. The molecule has 0 aromatic heterocycles. The molecule has 0 heterocycles. The molecular weight excluding hydrogens is 362 g/mol. The summed E-state index contributed by atoms with van der Waals surface area (Å²) in [5.41, 5.74) is 2.30. The molecule has 0 aliphatic rings. The molecule has 0 atom stereocenters. The molecule has 2 rings (SSSR count). The summed E-state index contributed by atoms with van der Waals surface area (Å²) in [7, 11) is -8.15. The molecule has 136 valence electrons. The first-order chi connectivity index (χ1) is 11.5. The summed E-state index contributed by atoms with van der Waals surface area (Å²) in [4.78, 5) is -0.995. The summed E-state index contributed by atoms with van der Waals surface area (Å²) >= 11 is 0. The molecule has 2 aromatic rings. The Morgan fingerprint density at radius 3 is 1.64 bits per heavy atom. The van der Waals surface area contributed by atoms with Gasteiger partial charge in [-0.25, -0.2) is 27.1 Å². The molecule has 0 aliphatic heterocycles. The lowest BCUT2D eigenvalue weighted by molar-refractivity contribution is 0.584. The van der Waals surface area contributed by atoms with E-state index in [2.05, 4.69) is 11.9 Å². The Hall–Kier alpha value is -2.20. The highest BCUT2D eigenvalue weighted by Crippen LogP contribution is 2.17. The minimum absolute atomic E-state index is 0.498. The van der Waals surface area contributed by atoms with Crippen LogP contribution in [0.15, 0.2) is 76.5 Å². The minimum Gasteiger partial charge on any atom is -0.381 e. The predicted molar refractivity (Wildman–Crippen MR) is 98.9 cm³/mol. The van der Waals surface area contributed by atoms with Crippen LogP contribution in [0.3, 0.4) is 0 Å². The zero-order valence-electron chi connectivity index (χ0n) is 13.7. The number of sulfonamides is 2. The number of primary sulfonamides is 2. The molecule has 0 saturated carbocycles. The number of hydrogen-bond donors (Lipinski definition) is 3. The van der Waals surface area contributed by atoms with E-state index in [0.717, 1.165) is 29.9 Å². The molecule has 0 radical (unpaired) electrons. The van der Waals surface area contributed by atoms with Gasteiger partial charge in [-0.3, -0.25) is 0 Å². The lowest BCUT2D eigenvalue weighted by Gasteiger charge is -2.03. The van der Waals surface area contributed by atoms with E-state index in [9.17, 15) is 16.8 Å². The van der Waals surface area contributed by atoms with Crippen LogP contribution in [-0.4, -0.2) is 23.4 Å². The highest BCUT2D eigenvalue weighted by atomic mass is 32.2. The van der Waals surface area contributed by atoms with E-state index in [1.165, 1.54) is 12.1 Å². The van der Waals surface area contributed by atoms with E-state index in [0.29, 0.717) is 0 Å². The topological polar surface area (TPSA) is 132 Å². The molecule has 0 aliphatic carbocycles. The van der Waals surface area contributed by atoms with Gasteiger partial charge >= 0.3 is 0 Å². The van der Waals surface area contributed by atoms with Gasteiger partial charge in [0, 0.05) is 12.2 Å². The maximum atomic E-state index is 11.0. The maximum Gasteiger partial charge on any atom is 0.239 e. The fourth-order valence-electron chi connectivity index (χ4n) is 1.73. The van der Waals surface area contributed by atoms with Crippen molar-refractivity contribution in [3.8, 4) is 0 Å². The molecule has 0 saturated heterocycles. The van der Waals surface area contributed by atoms with Gasteiger partial charge < -0.3 is 5.32 Å². The fourth-order valence-corrected chi connectivity index (χ4v) is 3.66. The van der Waals surface area contributed by atoms with Gasteiger partial charge in [0.05, 0.1) is 0 Å². The van der Waals surface area contributed by atoms with Crippen LogP contribution >= 0.6 is 0 Å².